The van der Waals surface area contributed by atoms with Crippen LogP contribution in [0.3, 0.4) is 0 Å². The maximum Gasteiger partial charge on any atom is 0.0162 e. The molecule has 0 saturated heterocycles. The number of hydrogen-bond acceptors (Lipinski definition) is 4. The average molecular weight is 217 g/mol. The van der Waals surface area contributed by atoms with Crippen LogP contribution < -0.4 is 10.6 Å². The Morgan fingerprint density at radius 1 is 0.909 bits per heavy atom. The molecule has 0 aliphatic rings. The fraction of sp³-hybridized carbons (Fsp3) is 1.00. The van der Waals surface area contributed by atoms with Crippen molar-refractivity contribution in [2.45, 2.75) is 0 Å². The summed E-state index contributed by atoms with van der Waals surface area (Å²) in [6.45, 7) is 2.22. The second-order valence-corrected chi connectivity index (χ2v) is 4.55. The maximum atomic E-state index is 3.11. The first-order valence-corrected chi connectivity index (χ1v) is 5.94. The van der Waals surface area contributed by atoms with Crippen molar-refractivity contribution in [1.29, 1.82) is 0 Å². The molecule has 0 heterocycles. The van der Waals surface area contributed by atoms with Gasteiger partial charge in [0.15, 0.2) is 0 Å². The molecule has 0 atom stereocenters. The Bertz CT molecular complexity index is 58.5. The van der Waals surface area contributed by atoms with Crippen LogP contribution in [-0.4, -0.2) is 38.7 Å². The molecule has 0 aromatic carbocycles. The van der Waals surface area contributed by atoms with Crippen LogP contribution in [0.2, 0.25) is 0 Å². The topological polar surface area (TPSA) is 24.1 Å². The molecule has 0 fully saturated rings. The van der Waals surface area contributed by atoms with Crippen LogP contribution in [0.25, 0.3) is 0 Å². The molecule has 70 valence electrons. The van der Waals surface area contributed by atoms with E-state index in [9.17, 15) is 0 Å². The summed E-state index contributed by atoms with van der Waals surface area (Å²) < 4.78 is 0. The van der Waals surface area contributed by atoms with E-state index in [0.717, 1.165) is 13.1 Å². The van der Waals surface area contributed by atoms with E-state index in [-0.39, 0.29) is 12.4 Å². The highest BCUT2D eigenvalue weighted by atomic mass is 35.5. The summed E-state index contributed by atoms with van der Waals surface area (Å²) in [5.41, 5.74) is 0. The summed E-state index contributed by atoms with van der Waals surface area (Å²) in [7, 11) is 7.83. The first kappa shape index (κ1) is 14.4. The predicted octanol–water partition coefficient (Wildman–Crippen LogP) is 1.23. The van der Waals surface area contributed by atoms with E-state index in [0.29, 0.717) is 0 Å². The minimum absolute atomic E-state index is 0. The van der Waals surface area contributed by atoms with Crippen LogP contribution >= 0.6 is 34.0 Å². The largest absolute Gasteiger partial charge is 0.319 e. The highest BCUT2D eigenvalue weighted by Gasteiger charge is 1.87. The SMILES string of the molecule is CNCCSSCCNC.Cl. The summed E-state index contributed by atoms with van der Waals surface area (Å²) in [6, 6.07) is 0. The van der Waals surface area contributed by atoms with Crippen molar-refractivity contribution in [1.82, 2.24) is 10.6 Å². The third-order valence-corrected chi connectivity index (χ3v) is 3.36. The van der Waals surface area contributed by atoms with Gasteiger partial charge in [0.25, 0.3) is 0 Å². The van der Waals surface area contributed by atoms with Crippen molar-refractivity contribution in [2.75, 3.05) is 38.7 Å². The number of nitrogens with one attached hydrogen (secondary N) is 2. The lowest BCUT2D eigenvalue weighted by atomic mass is 10.8. The molecular formula is C6H17ClN2S2. The molecule has 0 saturated carbocycles. The zero-order valence-electron chi connectivity index (χ0n) is 7.05. The second kappa shape index (κ2) is 13.5. The average Bonchev–Trinajstić information content (AvgIpc) is 1.97. The second-order valence-electron chi connectivity index (χ2n) is 1.85. The molecule has 2 nitrogen and oxygen atoms in total. The summed E-state index contributed by atoms with van der Waals surface area (Å²) in [5.74, 6) is 2.40. The highest BCUT2D eigenvalue weighted by molar-refractivity contribution is 8.76. The normalized spacial score (nSPS) is 9.27. The van der Waals surface area contributed by atoms with Crippen molar-refractivity contribution in [3.63, 3.8) is 0 Å². The zero-order chi connectivity index (χ0) is 7.66. The van der Waals surface area contributed by atoms with Gasteiger partial charge in [-0.3, -0.25) is 0 Å². The standard InChI is InChI=1S/C6H16N2S2.ClH/c1-7-3-5-9-10-6-4-8-2;/h7-8H,3-6H2,1-2H3;1H. The smallest absolute Gasteiger partial charge is 0.0162 e. The lowest BCUT2D eigenvalue weighted by Gasteiger charge is -1.99. The van der Waals surface area contributed by atoms with E-state index >= 15 is 0 Å². The highest BCUT2D eigenvalue weighted by Crippen LogP contribution is 2.18. The Kier molecular flexibility index (Phi) is 17.7. The van der Waals surface area contributed by atoms with Crippen molar-refractivity contribution >= 4 is 34.0 Å². The van der Waals surface area contributed by atoms with Gasteiger partial charge < -0.3 is 10.6 Å². The Morgan fingerprint density at radius 2 is 1.27 bits per heavy atom. The molecule has 0 rings (SSSR count). The Hall–Kier alpha value is 0.910. The predicted molar refractivity (Wildman–Crippen MR) is 60.0 cm³/mol. The monoisotopic (exact) mass is 216 g/mol. The van der Waals surface area contributed by atoms with Crippen LogP contribution in [0.4, 0.5) is 0 Å². The summed E-state index contributed by atoms with van der Waals surface area (Å²) in [5, 5.41) is 6.22. The van der Waals surface area contributed by atoms with E-state index in [1.165, 1.54) is 11.5 Å². The number of rotatable bonds is 7. The van der Waals surface area contributed by atoms with Gasteiger partial charge in [0.1, 0.15) is 0 Å². The van der Waals surface area contributed by atoms with Crippen molar-refractivity contribution in [2.24, 2.45) is 0 Å². The van der Waals surface area contributed by atoms with Gasteiger partial charge >= 0.3 is 0 Å². The van der Waals surface area contributed by atoms with E-state index < -0.39 is 0 Å². The lowest BCUT2D eigenvalue weighted by Crippen LogP contribution is -2.10. The molecule has 5 heteroatoms. The van der Waals surface area contributed by atoms with E-state index in [1.807, 2.05) is 35.7 Å². The molecule has 0 spiro atoms. The quantitative estimate of drug-likeness (QED) is 0.494. The molecule has 2 N–H and O–H groups in total. The van der Waals surface area contributed by atoms with Gasteiger partial charge in [-0.25, -0.2) is 0 Å². The van der Waals surface area contributed by atoms with Gasteiger partial charge in [0.2, 0.25) is 0 Å². The summed E-state index contributed by atoms with van der Waals surface area (Å²) >= 11 is 0. The molecule has 11 heavy (non-hydrogen) atoms. The molecule has 0 aliphatic heterocycles. The van der Waals surface area contributed by atoms with Gasteiger partial charge in [-0.05, 0) is 14.1 Å². The van der Waals surface area contributed by atoms with Crippen LogP contribution in [0, 0.1) is 0 Å². The minimum atomic E-state index is 0. The van der Waals surface area contributed by atoms with Gasteiger partial charge in [-0.1, -0.05) is 21.6 Å². The third-order valence-electron chi connectivity index (χ3n) is 0.954. The van der Waals surface area contributed by atoms with Gasteiger partial charge in [0, 0.05) is 24.6 Å². The van der Waals surface area contributed by atoms with Crippen molar-refractivity contribution < 1.29 is 0 Å². The van der Waals surface area contributed by atoms with E-state index in [4.69, 9.17) is 0 Å². The maximum absolute atomic E-state index is 3.11. The van der Waals surface area contributed by atoms with Gasteiger partial charge in [-0.15, -0.1) is 12.4 Å². The third kappa shape index (κ3) is 13.8. The molecule has 0 aromatic heterocycles. The number of halogens is 1. The number of hydrogen-bond donors (Lipinski definition) is 2. The molecular weight excluding hydrogens is 200 g/mol. The van der Waals surface area contributed by atoms with Gasteiger partial charge in [0.05, 0.1) is 0 Å². The van der Waals surface area contributed by atoms with Crippen LogP contribution in [0.5, 0.6) is 0 Å². The summed E-state index contributed by atoms with van der Waals surface area (Å²) in [6.07, 6.45) is 0. The van der Waals surface area contributed by atoms with Crippen molar-refractivity contribution in [3.05, 3.63) is 0 Å². The van der Waals surface area contributed by atoms with E-state index in [1.54, 1.807) is 0 Å². The minimum Gasteiger partial charge on any atom is -0.319 e. The molecule has 0 aliphatic carbocycles. The first-order chi connectivity index (χ1) is 4.91. The molecule has 0 bridgehead atoms. The molecule has 0 amide bonds. The first-order valence-electron chi connectivity index (χ1n) is 3.45. The Labute approximate surface area is 83.5 Å². The van der Waals surface area contributed by atoms with Gasteiger partial charge in [-0.2, -0.15) is 0 Å². The fourth-order valence-electron chi connectivity index (χ4n) is 0.405. The molecule has 0 radical (unpaired) electrons. The van der Waals surface area contributed by atoms with Crippen LogP contribution in [0.1, 0.15) is 0 Å². The summed E-state index contributed by atoms with van der Waals surface area (Å²) in [4.78, 5) is 0. The lowest BCUT2D eigenvalue weighted by molar-refractivity contribution is 0.871. The molecule has 0 unspecified atom stereocenters. The van der Waals surface area contributed by atoms with Crippen LogP contribution in [-0.2, 0) is 0 Å². The van der Waals surface area contributed by atoms with Crippen molar-refractivity contribution in [3.8, 4) is 0 Å². The molecule has 0 aromatic rings. The Morgan fingerprint density at radius 3 is 1.55 bits per heavy atom. The Balaban J connectivity index is 0. The van der Waals surface area contributed by atoms with Crippen LogP contribution in [0.15, 0.2) is 0 Å². The zero-order valence-corrected chi connectivity index (χ0v) is 9.50. The van der Waals surface area contributed by atoms with E-state index in [2.05, 4.69) is 10.6 Å². The fourth-order valence-corrected chi connectivity index (χ4v) is 2.42.